The molecule has 0 aromatic carbocycles. The van der Waals surface area contributed by atoms with E-state index in [9.17, 15) is 9.59 Å². The maximum Gasteiger partial charge on any atom is 0.415 e. The van der Waals surface area contributed by atoms with E-state index >= 15 is 0 Å². The smallest absolute Gasteiger partial charge is 0.415 e. The lowest BCUT2D eigenvalue weighted by atomic mass is 10.0. The highest BCUT2D eigenvalue weighted by Gasteiger charge is 2.30. The number of ketones is 1. The molecular weight excluding hydrogens is 232 g/mol. The summed E-state index contributed by atoms with van der Waals surface area (Å²) in [6, 6.07) is 1.73. The maximum absolute atomic E-state index is 12.1. The lowest BCUT2D eigenvalue weighted by molar-refractivity contribution is -0.117. The molecule has 0 bridgehead atoms. The fraction of sp³-hybridized carbons (Fsp3) is 0.462. The summed E-state index contributed by atoms with van der Waals surface area (Å²) in [5.74, 6) is -0.0126. The largest absolute Gasteiger partial charge is 0.443 e. The van der Waals surface area contributed by atoms with Gasteiger partial charge in [-0.25, -0.2) is 4.79 Å². The molecule has 0 unspecified atom stereocenters. The highest BCUT2D eigenvalue weighted by atomic mass is 16.6. The third kappa shape index (κ3) is 2.67. The molecule has 0 radical (unpaired) electrons. The summed E-state index contributed by atoms with van der Waals surface area (Å²) in [4.78, 5) is 29.0. The molecule has 0 saturated carbocycles. The summed E-state index contributed by atoms with van der Waals surface area (Å²) < 4.78 is 5.30. The minimum absolute atomic E-state index is 0.0126. The average Bonchev–Trinajstić information content (AvgIpc) is 2.25. The summed E-state index contributed by atoms with van der Waals surface area (Å²) in [6.45, 7) is 5.45. The van der Waals surface area contributed by atoms with Crippen molar-refractivity contribution in [1.82, 2.24) is 4.98 Å². The van der Waals surface area contributed by atoms with Crippen molar-refractivity contribution in [2.24, 2.45) is 0 Å². The highest BCUT2D eigenvalue weighted by molar-refractivity contribution is 6.00. The van der Waals surface area contributed by atoms with Crippen molar-refractivity contribution in [3.05, 3.63) is 24.0 Å². The number of hydrogen-bond acceptors (Lipinski definition) is 4. The number of pyridine rings is 1. The number of carbonyl (C=O) groups is 2. The Morgan fingerprint density at radius 1 is 1.44 bits per heavy atom. The second-order valence-corrected chi connectivity index (χ2v) is 5.29. The van der Waals surface area contributed by atoms with Gasteiger partial charge in [0.25, 0.3) is 0 Å². The molecular formula is C13H16N2O3. The first-order valence-corrected chi connectivity index (χ1v) is 5.82. The molecule has 2 heterocycles. The normalized spacial score (nSPS) is 15.3. The zero-order valence-electron chi connectivity index (χ0n) is 10.8. The number of anilines is 1. The van der Waals surface area contributed by atoms with E-state index in [4.69, 9.17) is 4.74 Å². The van der Waals surface area contributed by atoms with Gasteiger partial charge in [0.05, 0.1) is 12.2 Å². The second-order valence-electron chi connectivity index (χ2n) is 5.29. The first-order chi connectivity index (χ1) is 8.37. The van der Waals surface area contributed by atoms with Crippen LogP contribution in [0.1, 0.15) is 26.3 Å². The van der Waals surface area contributed by atoms with E-state index < -0.39 is 11.7 Å². The van der Waals surface area contributed by atoms with Gasteiger partial charge < -0.3 is 4.74 Å². The molecule has 0 fully saturated rings. The molecule has 0 spiro atoms. The predicted octanol–water partition coefficient (Wildman–Crippen LogP) is 1.95. The Hall–Kier alpha value is -1.91. The van der Waals surface area contributed by atoms with Crippen molar-refractivity contribution in [1.29, 1.82) is 0 Å². The van der Waals surface area contributed by atoms with Crippen LogP contribution in [0.3, 0.4) is 0 Å². The number of nitrogens with zero attached hydrogens (tertiary/aromatic N) is 2. The fourth-order valence-corrected chi connectivity index (χ4v) is 1.83. The van der Waals surface area contributed by atoms with Gasteiger partial charge in [0, 0.05) is 24.4 Å². The molecule has 0 aliphatic carbocycles. The van der Waals surface area contributed by atoms with E-state index in [1.165, 1.54) is 4.90 Å². The quantitative estimate of drug-likeness (QED) is 0.704. The molecule has 0 atom stereocenters. The van der Waals surface area contributed by atoms with E-state index in [2.05, 4.69) is 4.98 Å². The average molecular weight is 248 g/mol. The van der Waals surface area contributed by atoms with Gasteiger partial charge in [0.2, 0.25) is 0 Å². The summed E-state index contributed by atoms with van der Waals surface area (Å²) in [7, 11) is 0. The standard InChI is InChI=1S/C13H16N2O3/c1-13(2,3)18-12(17)15-8-10(16)6-9-7-14-5-4-11(9)15/h4-5,7H,6,8H2,1-3H3. The Morgan fingerprint density at radius 3 is 2.83 bits per heavy atom. The van der Waals surface area contributed by atoms with Crippen LogP contribution >= 0.6 is 0 Å². The minimum Gasteiger partial charge on any atom is -0.443 e. The van der Waals surface area contributed by atoms with Crippen molar-refractivity contribution >= 4 is 17.6 Å². The van der Waals surface area contributed by atoms with Gasteiger partial charge >= 0.3 is 6.09 Å². The van der Waals surface area contributed by atoms with Crippen LogP contribution in [0.5, 0.6) is 0 Å². The van der Waals surface area contributed by atoms with Crippen LogP contribution in [0, 0.1) is 0 Å². The van der Waals surface area contributed by atoms with Crippen LogP contribution in [0.2, 0.25) is 0 Å². The minimum atomic E-state index is -0.579. The van der Waals surface area contributed by atoms with Gasteiger partial charge in [-0.05, 0) is 26.8 Å². The first kappa shape index (κ1) is 12.5. The van der Waals surface area contributed by atoms with Crippen molar-refractivity contribution in [3.8, 4) is 0 Å². The maximum atomic E-state index is 12.1. The molecule has 1 aliphatic heterocycles. The molecule has 1 aromatic heterocycles. The van der Waals surface area contributed by atoms with Crippen molar-refractivity contribution < 1.29 is 14.3 Å². The van der Waals surface area contributed by atoms with Crippen molar-refractivity contribution in [2.75, 3.05) is 11.4 Å². The Morgan fingerprint density at radius 2 is 2.17 bits per heavy atom. The van der Waals surface area contributed by atoms with Gasteiger partial charge in [0.1, 0.15) is 5.60 Å². The second kappa shape index (κ2) is 4.40. The number of amides is 1. The molecule has 5 heteroatoms. The molecule has 2 rings (SSSR count). The van der Waals surface area contributed by atoms with Crippen LogP contribution < -0.4 is 4.90 Å². The zero-order chi connectivity index (χ0) is 13.3. The predicted molar refractivity (Wildman–Crippen MR) is 66.5 cm³/mol. The number of carbonyl (C=O) groups excluding carboxylic acids is 2. The number of Topliss-reactive ketones (excluding diaryl/α,β-unsaturated/α-hetero) is 1. The van der Waals surface area contributed by atoms with Gasteiger partial charge in [-0.3, -0.25) is 14.7 Å². The number of rotatable bonds is 0. The Bertz CT molecular complexity index is 491. The van der Waals surface area contributed by atoms with Gasteiger partial charge in [-0.2, -0.15) is 0 Å². The van der Waals surface area contributed by atoms with Crippen LogP contribution in [0.4, 0.5) is 10.5 Å². The van der Waals surface area contributed by atoms with Crippen molar-refractivity contribution in [2.45, 2.75) is 32.8 Å². The van der Waals surface area contributed by atoms with Crippen LogP contribution in [0.25, 0.3) is 0 Å². The third-order valence-electron chi connectivity index (χ3n) is 2.50. The highest BCUT2D eigenvalue weighted by Crippen LogP contribution is 2.26. The first-order valence-electron chi connectivity index (χ1n) is 5.82. The molecule has 18 heavy (non-hydrogen) atoms. The molecule has 5 nitrogen and oxygen atoms in total. The molecule has 1 amide bonds. The number of hydrogen-bond donors (Lipinski definition) is 0. The third-order valence-corrected chi connectivity index (χ3v) is 2.50. The Labute approximate surface area is 106 Å². The van der Waals surface area contributed by atoms with E-state index in [0.717, 1.165) is 5.56 Å². The molecule has 0 N–H and O–H groups in total. The molecule has 1 aromatic rings. The van der Waals surface area contributed by atoms with Crippen LogP contribution in [0.15, 0.2) is 18.5 Å². The summed E-state index contributed by atoms with van der Waals surface area (Å²) in [5, 5.41) is 0. The topological polar surface area (TPSA) is 59.5 Å². The van der Waals surface area contributed by atoms with Crippen LogP contribution in [-0.4, -0.2) is 29.0 Å². The van der Waals surface area contributed by atoms with E-state index in [-0.39, 0.29) is 12.3 Å². The van der Waals surface area contributed by atoms with Crippen LogP contribution in [-0.2, 0) is 16.0 Å². The molecule has 96 valence electrons. The van der Waals surface area contributed by atoms with Gasteiger partial charge in [0.15, 0.2) is 5.78 Å². The summed E-state index contributed by atoms with van der Waals surface area (Å²) in [6.07, 6.45) is 3.04. The number of ether oxygens (including phenoxy) is 1. The lowest BCUT2D eigenvalue weighted by Crippen LogP contribution is -2.43. The Balaban J connectivity index is 2.29. The van der Waals surface area contributed by atoms with E-state index in [1.54, 1.807) is 39.2 Å². The van der Waals surface area contributed by atoms with Crippen molar-refractivity contribution in [3.63, 3.8) is 0 Å². The van der Waals surface area contributed by atoms with E-state index in [1.807, 2.05) is 0 Å². The van der Waals surface area contributed by atoms with Gasteiger partial charge in [-0.1, -0.05) is 0 Å². The molecule has 0 saturated heterocycles. The number of aromatic nitrogens is 1. The summed E-state index contributed by atoms with van der Waals surface area (Å²) in [5.41, 5.74) is 0.892. The van der Waals surface area contributed by atoms with E-state index in [0.29, 0.717) is 12.1 Å². The molecule has 1 aliphatic rings. The monoisotopic (exact) mass is 248 g/mol. The number of fused-ring (bicyclic) bond motifs is 1. The Kier molecular flexibility index (Phi) is 3.07. The summed E-state index contributed by atoms with van der Waals surface area (Å²) >= 11 is 0. The fourth-order valence-electron chi connectivity index (χ4n) is 1.83. The zero-order valence-corrected chi connectivity index (χ0v) is 10.8. The SMILES string of the molecule is CC(C)(C)OC(=O)N1CC(=O)Cc2cnccc21. The van der Waals surface area contributed by atoms with Gasteiger partial charge in [-0.15, -0.1) is 0 Å². The lowest BCUT2D eigenvalue weighted by Gasteiger charge is -2.30.